The summed E-state index contributed by atoms with van der Waals surface area (Å²) in [5.74, 6) is -2.49. The van der Waals surface area contributed by atoms with E-state index in [1.807, 2.05) is 43.3 Å². The summed E-state index contributed by atoms with van der Waals surface area (Å²) >= 11 is 12.9. The minimum Gasteiger partial charge on any atom is -0.461 e. The molecule has 0 saturated heterocycles. The van der Waals surface area contributed by atoms with Crippen LogP contribution in [0.1, 0.15) is 50.3 Å². The maximum Gasteiger partial charge on any atom is 0.339 e. The van der Waals surface area contributed by atoms with E-state index < -0.39 is 28.9 Å². The Labute approximate surface area is 214 Å². The third-order valence-electron chi connectivity index (χ3n) is 7.20. The fourth-order valence-corrected chi connectivity index (χ4v) is 5.90. The molecule has 0 fully saturated rings. The van der Waals surface area contributed by atoms with Crippen LogP contribution in [0.25, 0.3) is 5.57 Å². The van der Waals surface area contributed by atoms with Crippen molar-refractivity contribution in [3.8, 4) is 0 Å². The van der Waals surface area contributed by atoms with E-state index in [4.69, 9.17) is 37.7 Å². The molecule has 0 radical (unpaired) electrons. The Morgan fingerprint density at radius 1 is 1.09 bits per heavy atom. The van der Waals surface area contributed by atoms with Gasteiger partial charge in [-0.3, -0.25) is 14.5 Å². The molecular formula is C27H26Cl2O6. The zero-order chi connectivity index (χ0) is 25.4. The highest BCUT2D eigenvalue weighted by Gasteiger charge is 2.65. The SMILES string of the molecule is CCC12Cc3ccc(Cl)c(Cl)c3C1=CC(=O)CC2(OOC(C)=O)C(C)C(=O)OCc1ccccc1. The van der Waals surface area contributed by atoms with Gasteiger partial charge in [0.05, 0.1) is 16.0 Å². The number of rotatable bonds is 7. The van der Waals surface area contributed by atoms with E-state index in [-0.39, 0.29) is 18.8 Å². The van der Waals surface area contributed by atoms with Gasteiger partial charge in [0.1, 0.15) is 12.2 Å². The van der Waals surface area contributed by atoms with Gasteiger partial charge in [-0.2, -0.15) is 4.89 Å². The van der Waals surface area contributed by atoms with Gasteiger partial charge < -0.3 is 4.74 Å². The van der Waals surface area contributed by atoms with Crippen LogP contribution < -0.4 is 0 Å². The minimum atomic E-state index is -1.52. The second-order valence-electron chi connectivity index (χ2n) is 9.07. The minimum absolute atomic E-state index is 0.0606. The van der Waals surface area contributed by atoms with Gasteiger partial charge in [0.15, 0.2) is 5.78 Å². The third kappa shape index (κ3) is 4.28. The van der Waals surface area contributed by atoms with Gasteiger partial charge in [0.2, 0.25) is 0 Å². The van der Waals surface area contributed by atoms with Crippen molar-refractivity contribution in [2.24, 2.45) is 11.3 Å². The molecule has 0 N–H and O–H groups in total. The smallest absolute Gasteiger partial charge is 0.339 e. The van der Waals surface area contributed by atoms with E-state index in [1.54, 1.807) is 19.1 Å². The van der Waals surface area contributed by atoms with Gasteiger partial charge in [0, 0.05) is 24.3 Å². The summed E-state index contributed by atoms with van der Waals surface area (Å²) in [4.78, 5) is 49.2. The Bertz CT molecular complexity index is 1210. The van der Waals surface area contributed by atoms with Crippen LogP contribution in [0.5, 0.6) is 0 Å². The summed E-state index contributed by atoms with van der Waals surface area (Å²) in [6, 6.07) is 12.8. The Morgan fingerprint density at radius 3 is 2.46 bits per heavy atom. The summed E-state index contributed by atoms with van der Waals surface area (Å²) in [7, 11) is 0. The second-order valence-corrected chi connectivity index (χ2v) is 9.86. The van der Waals surface area contributed by atoms with Crippen molar-refractivity contribution in [2.75, 3.05) is 0 Å². The van der Waals surface area contributed by atoms with Crippen molar-refractivity contribution in [3.63, 3.8) is 0 Å². The summed E-state index contributed by atoms with van der Waals surface area (Å²) < 4.78 is 5.63. The van der Waals surface area contributed by atoms with E-state index in [1.165, 1.54) is 6.92 Å². The molecule has 8 heteroatoms. The van der Waals surface area contributed by atoms with Crippen LogP contribution in [0, 0.1) is 11.3 Å². The van der Waals surface area contributed by atoms with Crippen molar-refractivity contribution in [3.05, 3.63) is 75.3 Å². The maximum atomic E-state index is 13.4. The number of hydrogen-bond donors (Lipinski definition) is 0. The molecule has 6 nitrogen and oxygen atoms in total. The van der Waals surface area contributed by atoms with E-state index in [0.717, 1.165) is 11.1 Å². The molecule has 0 aliphatic heterocycles. The monoisotopic (exact) mass is 516 g/mol. The molecule has 0 heterocycles. The predicted molar refractivity (Wildman–Crippen MR) is 131 cm³/mol. The van der Waals surface area contributed by atoms with E-state index in [0.29, 0.717) is 34.0 Å². The number of carbonyl (C=O) groups excluding carboxylic acids is 3. The molecule has 0 aromatic heterocycles. The molecule has 0 saturated carbocycles. The first-order chi connectivity index (χ1) is 16.6. The maximum absolute atomic E-state index is 13.4. The Morgan fingerprint density at radius 2 is 1.80 bits per heavy atom. The largest absolute Gasteiger partial charge is 0.461 e. The summed E-state index contributed by atoms with van der Waals surface area (Å²) in [5, 5.41) is 0.694. The number of fused-ring (bicyclic) bond motifs is 3. The van der Waals surface area contributed by atoms with Crippen molar-refractivity contribution < 1.29 is 28.9 Å². The number of benzene rings is 2. The van der Waals surface area contributed by atoms with Crippen LogP contribution in [0.2, 0.25) is 10.0 Å². The highest BCUT2D eigenvalue weighted by Crippen LogP contribution is 2.63. The summed E-state index contributed by atoms with van der Waals surface area (Å²) in [6.07, 6.45) is 2.28. The number of carbonyl (C=O) groups is 3. The molecule has 2 aromatic rings. The van der Waals surface area contributed by atoms with Crippen LogP contribution >= 0.6 is 23.2 Å². The van der Waals surface area contributed by atoms with E-state index in [9.17, 15) is 14.4 Å². The summed E-state index contributed by atoms with van der Waals surface area (Å²) in [5.41, 5.74) is 0.587. The average molecular weight is 517 g/mol. The van der Waals surface area contributed by atoms with Crippen molar-refractivity contribution in [1.82, 2.24) is 0 Å². The molecule has 3 unspecified atom stereocenters. The number of halogens is 2. The number of esters is 1. The van der Waals surface area contributed by atoms with Gasteiger partial charge in [0.25, 0.3) is 0 Å². The Balaban J connectivity index is 1.80. The lowest BCUT2D eigenvalue weighted by Crippen LogP contribution is -2.60. The molecule has 0 spiro atoms. The number of allylic oxidation sites excluding steroid dienone is 1. The molecule has 3 atom stereocenters. The molecule has 0 amide bonds. The number of ether oxygens (including phenoxy) is 1. The van der Waals surface area contributed by atoms with Crippen LogP contribution in [0.15, 0.2) is 48.5 Å². The van der Waals surface area contributed by atoms with Gasteiger partial charge in [-0.15, -0.1) is 0 Å². The molecule has 2 aliphatic rings. The van der Waals surface area contributed by atoms with Gasteiger partial charge in [-0.05, 0) is 48.6 Å². The molecule has 0 bridgehead atoms. The highest BCUT2D eigenvalue weighted by molar-refractivity contribution is 6.43. The van der Waals surface area contributed by atoms with Crippen LogP contribution in [-0.4, -0.2) is 23.3 Å². The molecular weight excluding hydrogens is 491 g/mol. The zero-order valence-corrected chi connectivity index (χ0v) is 21.2. The fourth-order valence-electron chi connectivity index (χ4n) is 5.46. The zero-order valence-electron chi connectivity index (χ0n) is 19.7. The molecule has 2 aromatic carbocycles. The van der Waals surface area contributed by atoms with Crippen molar-refractivity contribution in [2.45, 2.75) is 52.2 Å². The lowest BCUT2D eigenvalue weighted by Gasteiger charge is -2.51. The quantitative estimate of drug-likeness (QED) is 0.258. The first-order valence-corrected chi connectivity index (χ1v) is 12.2. The summed E-state index contributed by atoms with van der Waals surface area (Å²) in [6.45, 7) is 4.85. The van der Waals surface area contributed by atoms with Gasteiger partial charge >= 0.3 is 11.9 Å². The standard InChI is InChI=1S/C27H26Cl2O6/c1-4-26-13-19-10-11-22(28)24(29)23(19)21(26)12-20(31)14-27(26,35-34-17(3)30)16(2)25(32)33-15-18-8-6-5-7-9-18/h5-12,16H,4,13-15H2,1-3H3. The molecule has 2 aliphatic carbocycles. The van der Waals surface area contributed by atoms with Gasteiger partial charge in [-0.25, -0.2) is 4.79 Å². The van der Waals surface area contributed by atoms with Gasteiger partial charge in [-0.1, -0.05) is 66.5 Å². The first-order valence-electron chi connectivity index (χ1n) is 11.4. The van der Waals surface area contributed by atoms with E-state index in [2.05, 4.69) is 0 Å². The second kappa shape index (κ2) is 9.76. The normalized spacial score (nSPS) is 23.7. The van der Waals surface area contributed by atoms with Crippen molar-refractivity contribution in [1.29, 1.82) is 0 Å². The molecule has 35 heavy (non-hydrogen) atoms. The predicted octanol–water partition coefficient (Wildman–Crippen LogP) is 5.92. The van der Waals surface area contributed by atoms with Crippen LogP contribution in [0.4, 0.5) is 0 Å². The topological polar surface area (TPSA) is 78.9 Å². The van der Waals surface area contributed by atoms with E-state index >= 15 is 0 Å². The number of hydrogen-bond acceptors (Lipinski definition) is 6. The molecule has 184 valence electrons. The third-order valence-corrected chi connectivity index (χ3v) is 8.00. The van der Waals surface area contributed by atoms with Crippen molar-refractivity contribution >= 4 is 46.5 Å². The fraction of sp³-hybridized carbons (Fsp3) is 0.370. The Kier molecular flexibility index (Phi) is 7.09. The number of ketones is 1. The lowest BCUT2D eigenvalue weighted by molar-refractivity contribution is -0.363. The van der Waals surface area contributed by atoms with Crippen LogP contribution in [-0.2, 0) is 41.9 Å². The van der Waals surface area contributed by atoms with Crippen LogP contribution in [0.3, 0.4) is 0 Å². The first kappa shape index (κ1) is 25.4. The average Bonchev–Trinajstić information content (AvgIpc) is 3.18. The Hall–Kier alpha value is -2.67. The lowest BCUT2D eigenvalue weighted by atomic mass is 9.56. The molecule has 4 rings (SSSR count). The highest BCUT2D eigenvalue weighted by atomic mass is 35.5.